The van der Waals surface area contributed by atoms with Crippen molar-refractivity contribution in [1.82, 2.24) is 0 Å². The van der Waals surface area contributed by atoms with E-state index < -0.39 is 0 Å². The molecule has 0 spiro atoms. The molecule has 1 rings (SSSR count). The van der Waals surface area contributed by atoms with Crippen LogP contribution in [-0.2, 0) is 0 Å². The molecule has 0 aliphatic heterocycles. The number of rotatable bonds is 4. The quantitative estimate of drug-likeness (QED) is 0.812. The molecule has 1 atom stereocenters. The summed E-state index contributed by atoms with van der Waals surface area (Å²) >= 11 is 6.13. The van der Waals surface area contributed by atoms with E-state index >= 15 is 0 Å². The first-order valence-corrected chi connectivity index (χ1v) is 5.47. The summed E-state index contributed by atoms with van der Waals surface area (Å²) < 4.78 is 0. The molecule has 0 bridgehead atoms. The maximum Gasteiger partial charge on any atom is 0.0441 e. The molecule has 2 N–H and O–H groups in total. The van der Waals surface area contributed by atoms with E-state index in [1.165, 1.54) is 5.56 Å². The third kappa shape index (κ3) is 3.00. The smallest absolute Gasteiger partial charge is 0.0441 e. The lowest BCUT2D eigenvalue weighted by Crippen LogP contribution is -2.15. The van der Waals surface area contributed by atoms with Gasteiger partial charge in [0.1, 0.15) is 0 Å². The molecule has 0 amide bonds. The van der Waals surface area contributed by atoms with Gasteiger partial charge in [-0.25, -0.2) is 0 Å². The summed E-state index contributed by atoms with van der Waals surface area (Å²) in [6.07, 6.45) is 1.10. The summed E-state index contributed by atoms with van der Waals surface area (Å²) in [5, 5.41) is 0.837. The van der Waals surface area contributed by atoms with Gasteiger partial charge in [0.15, 0.2) is 0 Å². The molecule has 78 valence electrons. The van der Waals surface area contributed by atoms with E-state index in [1.807, 2.05) is 18.2 Å². The van der Waals surface area contributed by atoms with Gasteiger partial charge in [-0.05, 0) is 36.4 Å². The normalized spacial score (nSPS) is 13.2. The lowest BCUT2D eigenvalue weighted by molar-refractivity contribution is 0.504. The van der Waals surface area contributed by atoms with Crippen LogP contribution in [0, 0.1) is 5.92 Å². The second-order valence-electron chi connectivity index (χ2n) is 4.08. The molecular formula is C12H18ClN. The fourth-order valence-electron chi connectivity index (χ4n) is 1.73. The Morgan fingerprint density at radius 1 is 1.29 bits per heavy atom. The summed E-state index contributed by atoms with van der Waals surface area (Å²) in [4.78, 5) is 0. The van der Waals surface area contributed by atoms with Crippen molar-refractivity contribution < 1.29 is 0 Å². The molecule has 0 aliphatic rings. The predicted octanol–water partition coefficient (Wildman–Crippen LogP) is 3.43. The number of hydrogen-bond donors (Lipinski definition) is 1. The van der Waals surface area contributed by atoms with Gasteiger partial charge in [0, 0.05) is 5.02 Å². The van der Waals surface area contributed by atoms with Gasteiger partial charge in [-0.1, -0.05) is 43.6 Å². The van der Waals surface area contributed by atoms with Gasteiger partial charge in [0.25, 0.3) is 0 Å². The molecule has 0 aromatic heterocycles. The Balaban J connectivity index is 2.83. The molecule has 0 saturated heterocycles. The SMILES string of the molecule is CC(C)CC(CN)c1ccccc1Cl. The zero-order valence-electron chi connectivity index (χ0n) is 8.83. The lowest BCUT2D eigenvalue weighted by atomic mass is 9.90. The van der Waals surface area contributed by atoms with Gasteiger partial charge in [0.05, 0.1) is 0 Å². The molecule has 0 aliphatic carbocycles. The van der Waals surface area contributed by atoms with Crippen LogP contribution < -0.4 is 5.73 Å². The minimum absolute atomic E-state index is 0.392. The van der Waals surface area contributed by atoms with Gasteiger partial charge >= 0.3 is 0 Å². The van der Waals surface area contributed by atoms with Crippen LogP contribution in [0.1, 0.15) is 31.7 Å². The summed E-state index contributed by atoms with van der Waals surface area (Å²) in [6.45, 7) is 5.08. The predicted molar refractivity (Wildman–Crippen MR) is 62.7 cm³/mol. The van der Waals surface area contributed by atoms with Crippen molar-refractivity contribution in [2.24, 2.45) is 11.7 Å². The van der Waals surface area contributed by atoms with Crippen LogP contribution in [-0.4, -0.2) is 6.54 Å². The molecule has 0 fully saturated rings. The molecule has 14 heavy (non-hydrogen) atoms. The Kier molecular flexibility index (Phi) is 4.43. The van der Waals surface area contributed by atoms with Gasteiger partial charge < -0.3 is 5.73 Å². The Labute approximate surface area is 91.3 Å². The number of benzene rings is 1. The first kappa shape index (κ1) is 11.5. The molecule has 1 aromatic carbocycles. The van der Waals surface area contributed by atoms with Crippen molar-refractivity contribution in [1.29, 1.82) is 0 Å². The van der Waals surface area contributed by atoms with Crippen LogP contribution >= 0.6 is 11.6 Å². The zero-order chi connectivity index (χ0) is 10.6. The van der Waals surface area contributed by atoms with Crippen molar-refractivity contribution in [3.8, 4) is 0 Å². The summed E-state index contributed by atoms with van der Waals surface area (Å²) in [6, 6.07) is 7.97. The average Bonchev–Trinajstić information content (AvgIpc) is 2.15. The molecule has 0 radical (unpaired) electrons. The maximum atomic E-state index is 6.13. The minimum Gasteiger partial charge on any atom is -0.330 e. The lowest BCUT2D eigenvalue weighted by Gasteiger charge is -2.18. The van der Waals surface area contributed by atoms with Crippen LogP contribution in [0.2, 0.25) is 5.02 Å². The summed E-state index contributed by atoms with van der Waals surface area (Å²) in [7, 11) is 0. The van der Waals surface area contributed by atoms with Crippen molar-refractivity contribution in [3.05, 3.63) is 34.9 Å². The van der Waals surface area contributed by atoms with Gasteiger partial charge in [-0.15, -0.1) is 0 Å². The third-order valence-corrected chi connectivity index (χ3v) is 2.73. The second kappa shape index (κ2) is 5.38. The highest BCUT2D eigenvalue weighted by Crippen LogP contribution is 2.28. The van der Waals surface area contributed by atoms with Crippen molar-refractivity contribution >= 4 is 11.6 Å². The highest BCUT2D eigenvalue weighted by atomic mass is 35.5. The van der Waals surface area contributed by atoms with E-state index in [4.69, 9.17) is 17.3 Å². The standard InChI is InChI=1S/C12H18ClN/c1-9(2)7-10(8-14)11-5-3-4-6-12(11)13/h3-6,9-10H,7-8,14H2,1-2H3. The Hall–Kier alpha value is -0.530. The Morgan fingerprint density at radius 2 is 1.93 bits per heavy atom. The van der Waals surface area contributed by atoms with E-state index in [-0.39, 0.29) is 0 Å². The molecule has 0 heterocycles. The molecular weight excluding hydrogens is 194 g/mol. The molecule has 2 heteroatoms. The van der Waals surface area contributed by atoms with E-state index in [9.17, 15) is 0 Å². The van der Waals surface area contributed by atoms with Gasteiger partial charge in [-0.3, -0.25) is 0 Å². The third-order valence-electron chi connectivity index (χ3n) is 2.39. The second-order valence-corrected chi connectivity index (χ2v) is 4.49. The van der Waals surface area contributed by atoms with E-state index in [0.717, 1.165) is 11.4 Å². The molecule has 1 nitrogen and oxygen atoms in total. The fraction of sp³-hybridized carbons (Fsp3) is 0.500. The van der Waals surface area contributed by atoms with E-state index in [2.05, 4.69) is 19.9 Å². The van der Waals surface area contributed by atoms with Crippen molar-refractivity contribution in [2.45, 2.75) is 26.2 Å². The van der Waals surface area contributed by atoms with Crippen LogP contribution in [0.15, 0.2) is 24.3 Å². The Morgan fingerprint density at radius 3 is 2.43 bits per heavy atom. The fourth-order valence-corrected chi connectivity index (χ4v) is 2.02. The van der Waals surface area contributed by atoms with Crippen LogP contribution in [0.5, 0.6) is 0 Å². The van der Waals surface area contributed by atoms with Crippen molar-refractivity contribution in [3.63, 3.8) is 0 Å². The number of nitrogens with two attached hydrogens (primary N) is 1. The van der Waals surface area contributed by atoms with Crippen LogP contribution in [0.25, 0.3) is 0 Å². The van der Waals surface area contributed by atoms with Crippen LogP contribution in [0.4, 0.5) is 0 Å². The summed E-state index contributed by atoms with van der Waals surface area (Å²) in [5.74, 6) is 1.04. The summed E-state index contributed by atoms with van der Waals surface area (Å²) in [5.41, 5.74) is 6.95. The zero-order valence-corrected chi connectivity index (χ0v) is 9.59. The minimum atomic E-state index is 0.392. The highest BCUT2D eigenvalue weighted by Gasteiger charge is 2.13. The first-order chi connectivity index (χ1) is 6.65. The highest BCUT2D eigenvalue weighted by molar-refractivity contribution is 6.31. The number of halogens is 1. The van der Waals surface area contributed by atoms with Gasteiger partial charge in [0.2, 0.25) is 0 Å². The largest absolute Gasteiger partial charge is 0.330 e. The topological polar surface area (TPSA) is 26.0 Å². The average molecular weight is 212 g/mol. The maximum absolute atomic E-state index is 6.13. The first-order valence-electron chi connectivity index (χ1n) is 5.09. The van der Waals surface area contributed by atoms with E-state index in [1.54, 1.807) is 0 Å². The molecule has 1 aromatic rings. The molecule has 0 saturated carbocycles. The van der Waals surface area contributed by atoms with Crippen LogP contribution in [0.3, 0.4) is 0 Å². The Bertz CT molecular complexity index is 283. The molecule has 1 unspecified atom stereocenters. The monoisotopic (exact) mass is 211 g/mol. The van der Waals surface area contributed by atoms with E-state index in [0.29, 0.717) is 18.4 Å². The van der Waals surface area contributed by atoms with Crippen molar-refractivity contribution in [2.75, 3.05) is 6.54 Å². The van der Waals surface area contributed by atoms with Gasteiger partial charge in [-0.2, -0.15) is 0 Å². The number of hydrogen-bond acceptors (Lipinski definition) is 1.